The number of hydrogen-bond acceptors (Lipinski definition) is 4. The maximum absolute atomic E-state index is 12.8. The molecule has 0 saturated carbocycles. The maximum Gasteiger partial charge on any atom is 0.263 e. The number of carbonyl (C=O) groups is 1. The molecule has 3 rings (SSSR count). The average Bonchev–Trinajstić information content (AvgIpc) is 2.59. The van der Waals surface area contributed by atoms with Crippen molar-refractivity contribution in [3.05, 3.63) is 59.2 Å². The Bertz CT molecular complexity index is 972. The summed E-state index contributed by atoms with van der Waals surface area (Å²) in [6, 6.07) is 12.7. The highest BCUT2D eigenvalue weighted by Crippen LogP contribution is 2.34. The highest BCUT2D eigenvalue weighted by Gasteiger charge is 2.35. The van der Waals surface area contributed by atoms with Gasteiger partial charge in [0.05, 0.1) is 24.5 Å². The fourth-order valence-electron chi connectivity index (χ4n) is 3.35. The minimum Gasteiger partial charge on any atom is -0.476 e. The number of rotatable bonds is 4. The number of para-hydroxylation sites is 2. The third kappa shape index (κ3) is 4.08. The van der Waals surface area contributed by atoms with E-state index < -0.39 is 16.1 Å². The molecule has 6 nitrogen and oxygen atoms in total. The topological polar surface area (TPSA) is 75.7 Å². The van der Waals surface area contributed by atoms with E-state index in [1.54, 1.807) is 24.3 Å². The summed E-state index contributed by atoms with van der Waals surface area (Å²) in [5.74, 6) is 0.0409. The van der Waals surface area contributed by atoms with Crippen LogP contribution in [0, 0.1) is 13.8 Å². The van der Waals surface area contributed by atoms with Crippen LogP contribution in [0.5, 0.6) is 5.75 Å². The molecule has 7 heteroatoms. The zero-order chi connectivity index (χ0) is 19.8. The van der Waals surface area contributed by atoms with E-state index in [2.05, 4.69) is 11.4 Å². The van der Waals surface area contributed by atoms with Crippen LogP contribution >= 0.6 is 0 Å². The van der Waals surface area contributed by atoms with Crippen LogP contribution < -0.4 is 14.4 Å². The Hall–Kier alpha value is -2.54. The lowest BCUT2D eigenvalue weighted by Gasteiger charge is -2.34. The lowest BCUT2D eigenvalue weighted by atomic mass is 10.00. The summed E-state index contributed by atoms with van der Waals surface area (Å²) in [6.45, 7) is 5.87. The first-order valence-corrected chi connectivity index (χ1v) is 10.6. The van der Waals surface area contributed by atoms with Crippen molar-refractivity contribution in [1.29, 1.82) is 0 Å². The number of nitrogens with one attached hydrogen (secondary N) is 1. The van der Waals surface area contributed by atoms with Gasteiger partial charge in [-0.2, -0.15) is 0 Å². The third-order valence-electron chi connectivity index (χ3n) is 4.68. The molecule has 0 spiro atoms. The van der Waals surface area contributed by atoms with Crippen molar-refractivity contribution < 1.29 is 17.9 Å². The highest BCUT2D eigenvalue weighted by molar-refractivity contribution is 7.92. The first-order chi connectivity index (χ1) is 12.7. The van der Waals surface area contributed by atoms with Crippen LogP contribution in [0.25, 0.3) is 0 Å². The summed E-state index contributed by atoms with van der Waals surface area (Å²) in [5, 5.41) is 2.94. The van der Waals surface area contributed by atoms with Gasteiger partial charge in [-0.3, -0.25) is 9.10 Å². The van der Waals surface area contributed by atoms with Crippen molar-refractivity contribution >= 4 is 21.6 Å². The van der Waals surface area contributed by atoms with Gasteiger partial charge < -0.3 is 10.1 Å². The fourth-order valence-corrected chi connectivity index (χ4v) is 4.26. The first kappa shape index (κ1) is 19.2. The van der Waals surface area contributed by atoms with Crippen molar-refractivity contribution in [2.24, 2.45) is 0 Å². The van der Waals surface area contributed by atoms with Gasteiger partial charge in [-0.1, -0.05) is 35.9 Å². The second-order valence-corrected chi connectivity index (χ2v) is 8.87. The SMILES string of the molecule is Cc1ccc([C@@H](C)NC(=O)[C@@H]2CN(S(C)(=O)=O)c3ccccc3O2)c(C)c1. The van der Waals surface area contributed by atoms with Crippen molar-refractivity contribution in [2.45, 2.75) is 32.9 Å². The Morgan fingerprint density at radius 3 is 2.59 bits per heavy atom. The van der Waals surface area contributed by atoms with Crippen molar-refractivity contribution in [3.8, 4) is 5.75 Å². The molecule has 1 aliphatic rings. The van der Waals surface area contributed by atoms with E-state index in [4.69, 9.17) is 4.74 Å². The number of amides is 1. The van der Waals surface area contributed by atoms with Crippen LogP contribution in [0.3, 0.4) is 0 Å². The van der Waals surface area contributed by atoms with Gasteiger partial charge in [0.25, 0.3) is 5.91 Å². The van der Waals surface area contributed by atoms with Gasteiger partial charge in [0.15, 0.2) is 6.10 Å². The minimum absolute atomic E-state index is 0.0543. The van der Waals surface area contributed by atoms with E-state index in [1.807, 2.05) is 32.9 Å². The van der Waals surface area contributed by atoms with E-state index in [1.165, 1.54) is 4.31 Å². The van der Waals surface area contributed by atoms with Crippen LogP contribution in [-0.4, -0.2) is 33.2 Å². The van der Waals surface area contributed by atoms with Gasteiger partial charge in [0, 0.05) is 0 Å². The average molecular weight is 388 g/mol. The van der Waals surface area contributed by atoms with Crippen molar-refractivity contribution in [2.75, 3.05) is 17.1 Å². The van der Waals surface area contributed by atoms with Crippen LogP contribution in [0.4, 0.5) is 5.69 Å². The molecule has 144 valence electrons. The number of sulfonamides is 1. The molecule has 2 aromatic rings. The Morgan fingerprint density at radius 1 is 1.22 bits per heavy atom. The second kappa shape index (κ2) is 7.23. The summed E-state index contributed by atoms with van der Waals surface area (Å²) in [6.07, 6.45) is 0.213. The largest absolute Gasteiger partial charge is 0.476 e. The summed E-state index contributed by atoms with van der Waals surface area (Å²) in [4.78, 5) is 12.8. The summed E-state index contributed by atoms with van der Waals surface area (Å²) >= 11 is 0. The van der Waals surface area contributed by atoms with Gasteiger partial charge in [0.1, 0.15) is 5.75 Å². The molecule has 27 heavy (non-hydrogen) atoms. The smallest absolute Gasteiger partial charge is 0.263 e. The predicted molar refractivity (Wildman–Crippen MR) is 106 cm³/mol. The molecule has 1 aliphatic heterocycles. The molecule has 2 aromatic carbocycles. The molecular weight excluding hydrogens is 364 g/mol. The van der Waals surface area contributed by atoms with Crippen LogP contribution in [0.15, 0.2) is 42.5 Å². The van der Waals surface area contributed by atoms with Gasteiger partial charge in [-0.15, -0.1) is 0 Å². The van der Waals surface area contributed by atoms with E-state index in [-0.39, 0.29) is 18.5 Å². The fraction of sp³-hybridized carbons (Fsp3) is 0.350. The van der Waals surface area contributed by atoms with Gasteiger partial charge >= 0.3 is 0 Å². The molecule has 2 atom stereocenters. The predicted octanol–water partition coefficient (Wildman–Crippen LogP) is 2.71. The molecule has 1 heterocycles. The number of aryl methyl sites for hydroxylation is 2. The third-order valence-corrected chi connectivity index (χ3v) is 5.82. The van der Waals surface area contributed by atoms with Crippen LogP contribution in [0.1, 0.15) is 29.7 Å². The Labute approximate surface area is 160 Å². The molecule has 1 N–H and O–H groups in total. The van der Waals surface area contributed by atoms with Gasteiger partial charge in [-0.05, 0) is 44.0 Å². The van der Waals surface area contributed by atoms with Crippen LogP contribution in [-0.2, 0) is 14.8 Å². The number of nitrogens with zero attached hydrogens (tertiary/aromatic N) is 1. The summed E-state index contributed by atoms with van der Waals surface area (Å²) < 4.78 is 31.4. The van der Waals surface area contributed by atoms with Gasteiger partial charge in [-0.25, -0.2) is 8.42 Å². The van der Waals surface area contributed by atoms with E-state index in [9.17, 15) is 13.2 Å². The van der Waals surface area contributed by atoms with E-state index in [0.717, 1.165) is 22.9 Å². The molecule has 1 amide bonds. The second-order valence-electron chi connectivity index (χ2n) is 6.96. The summed E-state index contributed by atoms with van der Waals surface area (Å²) in [5.41, 5.74) is 3.72. The molecule has 0 radical (unpaired) electrons. The van der Waals surface area contributed by atoms with Crippen LogP contribution in [0.2, 0.25) is 0 Å². The number of hydrogen-bond donors (Lipinski definition) is 1. The number of ether oxygens (including phenoxy) is 1. The molecule has 0 aromatic heterocycles. The number of fused-ring (bicyclic) bond motifs is 1. The quantitative estimate of drug-likeness (QED) is 0.874. The van der Waals surface area contributed by atoms with Crippen molar-refractivity contribution in [1.82, 2.24) is 5.32 Å². The molecule has 0 saturated heterocycles. The monoisotopic (exact) mass is 388 g/mol. The Kier molecular flexibility index (Phi) is 5.15. The Morgan fingerprint density at radius 2 is 1.93 bits per heavy atom. The number of benzene rings is 2. The standard InChI is InChI=1S/C20H24N2O4S/c1-13-9-10-16(14(2)11-13)15(3)21-20(23)19-12-22(27(4,24)25)17-7-5-6-8-18(17)26-19/h5-11,15,19H,12H2,1-4H3,(H,21,23)/t15-,19+/m1/s1. The highest BCUT2D eigenvalue weighted by atomic mass is 32.2. The van der Waals surface area contributed by atoms with Crippen molar-refractivity contribution in [3.63, 3.8) is 0 Å². The lowest BCUT2D eigenvalue weighted by Crippen LogP contribution is -2.50. The minimum atomic E-state index is -3.52. The number of carbonyl (C=O) groups excluding carboxylic acids is 1. The zero-order valence-electron chi connectivity index (χ0n) is 15.9. The number of anilines is 1. The molecule has 0 aliphatic carbocycles. The van der Waals surface area contributed by atoms with E-state index >= 15 is 0 Å². The molecule has 0 fully saturated rings. The first-order valence-electron chi connectivity index (χ1n) is 8.77. The molecular formula is C20H24N2O4S. The summed E-state index contributed by atoms with van der Waals surface area (Å²) in [7, 11) is -3.52. The normalized spacial score (nSPS) is 17.6. The van der Waals surface area contributed by atoms with Gasteiger partial charge in [0.2, 0.25) is 10.0 Å². The molecule has 0 unspecified atom stereocenters. The molecule has 0 bridgehead atoms. The Balaban J connectivity index is 1.81. The maximum atomic E-state index is 12.8. The lowest BCUT2D eigenvalue weighted by molar-refractivity contribution is -0.128. The zero-order valence-corrected chi connectivity index (χ0v) is 16.7. The van der Waals surface area contributed by atoms with E-state index in [0.29, 0.717) is 11.4 Å².